The molecule has 5 heteroatoms. The molecule has 2 aliphatic rings. The van der Waals surface area contributed by atoms with Crippen LogP contribution in [-0.4, -0.2) is 33.3 Å². The van der Waals surface area contributed by atoms with Crippen LogP contribution in [0, 0.1) is 5.92 Å². The Kier molecular flexibility index (Phi) is 6.83. The van der Waals surface area contributed by atoms with Gasteiger partial charge in [0.25, 0.3) is 0 Å². The second-order valence-corrected chi connectivity index (χ2v) is 8.86. The number of halogens is 1. The number of hydrogen-bond acceptors (Lipinski definition) is 3. The lowest BCUT2D eigenvalue weighted by atomic mass is 9.83. The normalized spacial score (nSPS) is 26.0. The van der Waals surface area contributed by atoms with E-state index >= 15 is 0 Å². The smallest absolute Gasteiger partial charge is 0.412 e. The van der Waals surface area contributed by atoms with Crippen LogP contribution in [0.3, 0.4) is 0 Å². The van der Waals surface area contributed by atoms with Crippen LogP contribution in [0.1, 0.15) is 57.9 Å². The van der Waals surface area contributed by atoms with E-state index in [0.717, 1.165) is 16.4 Å². The summed E-state index contributed by atoms with van der Waals surface area (Å²) in [5, 5.41) is 0. The van der Waals surface area contributed by atoms with E-state index in [1.807, 2.05) is 49.1 Å². The molecule has 1 aromatic rings. The average Bonchev–Trinajstić information content (AvgIpc) is 2.91. The highest BCUT2D eigenvalue weighted by Gasteiger charge is 2.50. The first kappa shape index (κ1) is 19.9. The number of nitrogens with zero attached hydrogens (tertiary/aromatic N) is 1. The first-order valence-corrected chi connectivity index (χ1v) is 11.3. The molecular weight excluding hydrogens is 441 g/mol. The molecule has 4 nitrogen and oxygen atoms in total. The number of carbonyl (C=O) groups is 1. The third-order valence-corrected chi connectivity index (χ3v) is 6.50. The van der Waals surface area contributed by atoms with Crippen LogP contribution < -0.4 is 0 Å². The van der Waals surface area contributed by atoms with Crippen molar-refractivity contribution in [2.24, 2.45) is 5.92 Å². The summed E-state index contributed by atoms with van der Waals surface area (Å²) in [6.45, 7) is 4.27. The van der Waals surface area contributed by atoms with Crippen molar-refractivity contribution in [3.05, 3.63) is 35.9 Å². The van der Waals surface area contributed by atoms with E-state index in [4.69, 9.17) is 9.47 Å². The monoisotopic (exact) mass is 471 g/mol. The standard InChI is InChI=1S/C21H30INO3/c1-21(2)23(20(24)25-15-17-11-7-4-8-12-17)18(19(14-22)26-21)13-16-9-5-3-6-10-16/h4,7-8,11-12,16,18-19H,3,5-6,9-10,13-15H2,1-2H3. The van der Waals surface area contributed by atoms with Crippen LogP contribution in [0.25, 0.3) is 0 Å². The maximum atomic E-state index is 13.0. The lowest BCUT2D eigenvalue weighted by molar-refractivity contribution is -0.0655. The number of amides is 1. The van der Waals surface area contributed by atoms with Crippen LogP contribution in [0.5, 0.6) is 0 Å². The highest BCUT2D eigenvalue weighted by Crippen LogP contribution is 2.39. The molecule has 144 valence electrons. The first-order chi connectivity index (χ1) is 12.5. The Labute approximate surface area is 170 Å². The quantitative estimate of drug-likeness (QED) is 0.419. The number of hydrogen-bond donors (Lipinski definition) is 0. The molecule has 0 spiro atoms. The summed E-state index contributed by atoms with van der Waals surface area (Å²) in [4.78, 5) is 14.8. The molecule has 0 N–H and O–H groups in total. The zero-order valence-corrected chi connectivity index (χ0v) is 18.0. The SMILES string of the molecule is CC1(C)OC(CI)C(CC2CCCCC2)N1C(=O)OCc1ccccc1. The van der Waals surface area contributed by atoms with Crippen molar-refractivity contribution in [3.63, 3.8) is 0 Å². The van der Waals surface area contributed by atoms with Crippen LogP contribution in [0.2, 0.25) is 0 Å². The Bertz CT molecular complexity index is 586. The molecule has 1 saturated carbocycles. The van der Waals surface area contributed by atoms with Crippen molar-refractivity contribution in [2.45, 2.75) is 76.9 Å². The predicted octanol–water partition coefficient (Wildman–Crippen LogP) is 5.53. The fourth-order valence-corrected chi connectivity index (χ4v) is 5.14. The predicted molar refractivity (Wildman–Crippen MR) is 111 cm³/mol. The number of carbonyl (C=O) groups excluding carboxylic acids is 1. The second-order valence-electron chi connectivity index (χ2n) is 7.97. The van der Waals surface area contributed by atoms with Crippen molar-refractivity contribution in [1.29, 1.82) is 0 Å². The van der Waals surface area contributed by atoms with Crippen molar-refractivity contribution in [1.82, 2.24) is 4.90 Å². The fraction of sp³-hybridized carbons (Fsp3) is 0.667. The van der Waals surface area contributed by atoms with E-state index < -0.39 is 5.72 Å². The topological polar surface area (TPSA) is 38.8 Å². The summed E-state index contributed by atoms with van der Waals surface area (Å²) < 4.78 is 12.8. The molecule has 0 radical (unpaired) electrons. The molecule has 2 unspecified atom stereocenters. The molecule has 26 heavy (non-hydrogen) atoms. The molecule has 0 aromatic heterocycles. The van der Waals surface area contributed by atoms with Gasteiger partial charge in [-0.15, -0.1) is 0 Å². The Balaban J connectivity index is 1.70. The zero-order chi connectivity index (χ0) is 18.6. The molecule has 1 aliphatic heterocycles. The van der Waals surface area contributed by atoms with Gasteiger partial charge in [0.1, 0.15) is 12.3 Å². The Morgan fingerprint density at radius 1 is 1.23 bits per heavy atom. The molecule has 1 saturated heterocycles. The highest BCUT2D eigenvalue weighted by atomic mass is 127. The number of alkyl halides is 1. The second kappa shape index (κ2) is 8.91. The van der Waals surface area contributed by atoms with Gasteiger partial charge in [-0.25, -0.2) is 4.79 Å². The van der Waals surface area contributed by atoms with E-state index in [0.29, 0.717) is 12.5 Å². The zero-order valence-electron chi connectivity index (χ0n) is 15.8. The van der Waals surface area contributed by atoms with Crippen LogP contribution in [0.15, 0.2) is 30.3 Å². The van der Waals surface area contributed by atoms with Crippen LogP contribution in [-0.2, 0) is 16.1 Å². The lowest BCUT2D eigenvalue weighted by Gasteiger charge is -2.35. The van der Waals surface area contributed by atoms with Crippen molar-refractivity contribution < 1.29 is 14.3 Å². The molecule has 2 atom stereocenters. The third kappa shape index (κ3) is 4.71. The van der Waals surface area contributed by atoms with Gasteiger partial charge in [0.2, 0.25) is 0 Å². The average molecular weight is 471 g/mol. The van der Waals surface area contributed by atoms with Gasteiger partial charge < -0.3 is 9.47 Å². The Morgan fingerprint density at radius 2 is 1.92 bits per heavy atom. The van der Waals surface area contributed by atoms with Gasteiger partial charge in [-0.2, -0.15) is 0 Å². The van der Waals surface area contributed by atoms with E-state index in [1.165, 1.54) is 32.1 Å². The molecule has 1 heterocycles. The van der Waals surface area contributed by atoms with Crippen LogP contribution in [0.4, 0.5) is 4.79 Å². The first-order valence-electron chi connectivity index (χ1n) is 9.75. The van der Waals surface area contributed by atoms with Crippen LogP contribution >= 0.6 is 22.6 Å². The number of benzene rings is 1. The minimum atomic E-state index is -0.622. The summed E-state index contributed by atoms with van der Waals surface area (Å²) in [6, 6.07) is 9.95. The van der Waals surface area contributed by atoms with Gasteiger partial charge in [-0.05, 0) is 31.7 Å². The summed E-state index contributed by atoms with van der Waals surface area (Å²) in [6.07, 6.45) is 7.38. The van der Waals surface area contributed by atoms with E-state index in [-0.39, 0.29) is 18.2 Å². The molecule has 3 rings (SSSR count). The van der Waals surface area contributed by atoms with Gasteiger partial charge in [-0.1, -0.05) is 85.0 Å². The number of rotatable bonds is 5. The lowest BCUT2D eigenvalue weighted by Crippen LogP contribution is -2.49. The van der Waals surface area contributed by atoms with Gasteiger partial charge >= 0.3 is 6.09 Å². The molecule has 0 bridgehead atoms. The molecule has 1 amide bonds. The van der Waals surface area contributed by atoms with E-state index in [2.05, 4.69) is 22.6 Å². The van der Waals surface area contributed by atoms with E-state index in [9.17, 15) is 4.79 Å². The summed E-state index contributed by atoms with van der Waals surface area (Å²) >= 11 is 2.38. The summed E-state index contributed by atoms with van der Waals surface area (Å²) in [7, 11) is 0. The highest BCUT2D eigenvalue weighted by molar-refractivity contribution is 14.1. The summed E-state index contributed by atoms with van der Waals surface area (Å²) in [5.41, 5.74) is 0.385. The van der Waals surface area contributed by atoms with Crippen molar-refractivity contribution in [3.8, 4) is 0 Å². The molecule has 1 aromatic carbocycles. The minimum absolute atomic E-state index is 0.0804. The maximum absolute atomic E-state index is 13.0. The Hall–Kier alpha value is -0.820. The number of ether oxygens (including phenoxy) is 2. The van der Waals surface area contributed by atoms with Gasteiger partial charge in [0, 0.05) is 4.43 Å². The largest absolute Gasteiger partial charge is 0.444 e. The van der Waals surface area contributed by atoms with Crippen molar-refractivity contribution in [2.75, 3.05) is 4.43 Å². The Morgan fingerprint density at radius 3 is 2.58 bits per heavy atom. The fourth-order valence-electron chi connectivity index (χ4n) is 4.37. The molecule has 2 fully saturated rings. The maximum Gasteiger partial charge on any atom is 0.412 e. The molecule has 1 aliphatic carbocycles. The van der Waals surface area contributed by atoms with Gasteiger partial charge in [-0.3, -0.25) is 4.90 Å². The third-order valence-electron chi connectivity index (χ3n) is 5.63. The van der Waals surface area contributed by atoms with Gasteiger partial charge in [0.15, 0.2) is 0 Å². The summed E-state index contributed by atoms with van der Waals surface area (Å²) in [5.74, 6) is 0.695. The van der Waals surface area contributed by atoms with E-state index in [1.54, 1.807) is 0 Å². The van der Waals surface area contributed by atoms with Gasteiger partial charge in [0.05, 0.1) is 12.1 Å². The van der Waals surface area contributed by atoms with Crippen molar-refractivity contribution >= 4 is 28.7 Å². The molecular formula is C21H30INO3. The minimum Gasteiger partial charge on any atom is -0.444 e.